The lowest BCUT2D eigenvalue weighted by Gasteiger charge is -2.37. The van der Waals surface area contributed by atoms with Crippen LogP contribution in [0.3, 0.4) is 0 Å². The fraction of sp³-hybridized carbons (Fsp3) is 0.607. The lowest BCUT2D eigenvalue weighted by Crippen LogP contribution is -2.50. The Bertz CT molecular complexity index is 1050. The minimum atomic E-state index is -1.45. The maximum atomic E-state index is 13.5. The normalized spacial score (nSPS) is 19.0. The third-order valence-electron chi connectivity index (χ3n) is 6.25. The van der Waals surface area contributed by atoms with Crippen molar-refractivity contribution >= 4 is 23.3 Å². The molecule has 38 heavy (non-hydrogen) atoms. The van der Waals surface area contributed by atoms with Crippen LogP contribution in [-0.4, -0.2) is 64.7 Å². The Morgan fingerprint density at radius 2 is 1.71 bits per heavy atom. The van der Waals surface area contributed by atoms with E-state index in [1.807, 2.05) is 18.7 Å². The Morgan fingerprint density at radius 3 is 2.21 bits per heavy atom. The Labute approximate surface area is 224 Å². The maximum absolute atomic E-state index is 13.5. The van der Waals surface area contributed by atoms with Crippen molar-refractivity contribution in [1.29, 1.82) is 0 Å². The van der Waals surface area contributed by atoms with E-state index in [0.29, 0.717) is 43.4 Å². The summed E-state index contributed by atoms with van der Waals surface area (Å²) in [5.41, 5.74) is -0.853. The zero-order valence-corrected chi connectivity index (χ0v) is 23.3. The van der Waals surface area contributed by atoms with Crippen LogP contribution in [0.4, 0.5) is 16.0 Å². The summed E-state index contributed by atoms with van der Waals surface area (Å²) in [4.78, 5) is 40.5. The van der Waals surface area contributed by atoms with Crippen molar-refractivity contribution < 1.29 is 23.5 Å². The topological polar surface area (TPSA) is 97.8 Å². The van der Waals surface area contributed by atoms with Crippen molar-refractivity contribution in [3.05, 3.63) is 30.7 Å². The fourth-order valence-electron chi connectivity index (χ4n) is 3.63. The molecule has 1 amide bonds. The van der Waals surface area contributed by atoms with Crippen molar-refractivity contribution in [2.75, 3.05) is 36.0 Å². The van der Waals surface area contributed by atoms with Crippen LogP contribution in [0.2, 0.25) is 0 Å². The van der Waals surface area contributed by atoms with Crippen molar-refractivity contribution in [1.82, 2.24) is 15.0 Å². The molecular formula is C28H40FN5O4. The number of hydrogen-bond acceptors (Lipinski definition) is 8. The van der Waals surface area contributed by atoms with E-state index in [1.54, 1.807) is 36.4 Å². The quantitative estimate of drug-likeness (QED) is 0.487. The predicted molar refractivity (Wildman–Crippen MR) is 144 cm³/mol. The van der Waals surface area contributed by atoms with Gasteiger partial charge >= 0.3 is 0 Å². The molecule has 10 heteroatoms. The molecule has 0 spiro atoms. The number of alkyl halides is 1. The average Bonchev–Trinajstić information content (AvgIpc) is 3.57. The van der Waals surface area contributed by atoms with Gasteiger partial charge in [-0.1, -0.05) is 33.6 Å². The summed E-state index contributed by atoms with van der Waals surface area (Å²) < 4.78 is 24.6. The number of anilines is 2. The van der Waals surface area contributed by atoms with Gasteiger partial charge in [-0.15, -0.1) is 0 Å². The number of carbonyl (C=O) groups excluding carboxylic acids is 2. The Kier molecular flexibility index (Phi) is 9.99. The van der Waals surface area contributed by atoms with E-state index in [-0.39, 0.29) is 30.1 Å². The maximum Gasteiger partial charge on any atom is 0.268 e. The molecule has 1 saturated carbocycles. The first-order valence-electron chi connectivity index (χ1n) is 13.4. The van der Waals surface area contributed by atoms with Gasteiger partial charge in [-0.25, -0.2) is 19.3 Å². The van der Waals surface area contributed by atoms with Crippen LogP contribution in [0, 0.1) is 11.8 Å². The second kappa shape index (κ2) is 13.0. The molecule has 2 saturated heterocycles. The summed E-state index contributed by atoms with van der Waals surface area (Å²) in [6, 6.07) is 3.22. The second-order valence-corrected chi connectivity index (χ2v) is 10.4. The molecule has 2 aliphatic heterocycles. The Morgan fingerprint density at radius 1 is 1.08 bits per heavy atom. The van der Waals surface area contributed by atoms with Crippen LogP contribution in [0.1, 0.15) is 60.8 Å². The first kappa shape index (κ1) is 29.3. The first-order chi connectivity index (χ1) is 18.1. The summed E-state index contributed by atoms with van der Waals surface area (Å²) in [6.45, 7) is 12.3. The molecule has 1 aliphatic carbocycles. The third-order valence-corrected chi connectivity index (χ3v) is 6.25. The fourth-order valence-corrected chi connectivity index (χ4v) is 3.63. The summed E-state index contributed by atoms with van der Waals surface area (Å²) in [5, 5.41) is 0. The molecule has 1 atom stereocenters. The van der Waals surface area contributed by atoms with E-state index in [0.717, 1.165) is 5.92 Å². The summed E-state index contributed by atoms with van der Waals surface area (Å²) in [5.74, 6) is 2.39. The van der Waals surface area contributed by atoms with E-state index in [9.17, 15) is 14.0 Å². The highest BCUT2D eigenvalue weighted by atomic mass is 19.1. The smallest absolute Gasteiger partial charge is 0.268 e. The number of ether oxygens (including phenoxy) is 2. The van der Waals surface area contributed by atoms with Gasteiger partial charge in [0, 0.05) is 32.1 Å². The molecule has 2 aromatic rings. The van der Waals surface area contributed by atoms with Crippen LogP contribution in [0.5, 0.6) is 11.6 Å². The highest BCUT2D eigenvalue weighted by Gasteiger charge is 2.36. The molecule has 0 aromatic carbocycles. The van der Waals surface area contributed by atoms with Crippen molar-refractivity contribution in [2.24, 2.45) is 11.8 Å². The number of halogens is 1. The van der Waals surface area contributed by atoms with E-state index in [1.165, 1.54) is 32.9 Å². The molecular weight excluding hydrogens is 489 g/mol. The molecule has 3 fully saturated rings. The van der Waals surface area contributed by atoms with Gasteiger partial charge in [0.2, 0.25) is 11.8 Å². The second-order valence-electron chi connectivity index (χ2n) is 10.4. The average molecular weight is 530 g/mol. The zero-order valence-electron chi connectivity index (χ0n) is 23.3. The van der Waals surface area contributed by atoms with Crippen molar-refractivity contribution in [3.8, 4) is 11.6 Å². The number of pyridine rings is 1. The minimum Gasteiger partial charge on any atom is -0.479 e. The largest absolute Gasteiger partial charge is 0.479 e. The lowest BCUT2D eigenvalue weighted by molar-refractivity contribution is -0.123. The molecule has 0 radical (unpaired) electrons. The molecule has 5 rings (SSSR count). The van der Waals surface area contributed by atoms with Gasteiger partial charge in [-0.2, -0.15) is 0 Å². The SMILES string of the molecule is CC.CC(=O)C1CN(c2ncc(N3CC[C@@H](Oc4ccc(OCC(C)(C)F)nc4)C3=O)cn2)C1.CC1CC1. The number of carbonyl (C=O) groups is 2. The Balaban J connectivity index is 0.000000598. The van der Waals surface area contributed by atoms with Gasteiger partial charge < -0.3 is 19.3 Å². The molecule has 0 N–H and O–H groups in total. The predicted octanol–water partition coefficient (Wildman–Crippen LogP) is 4.65. The molecule has 4 heterocycles. The zero-order chi connectivity index (χ0) is 27.9. The number of aromatic nitrogens is 3. The molecule has 9 nitrogen and oxygen atoms in total. The van der Waals surface area contributed by atoms with Gasteiger partial charge in [-0.05, 0) is 32.8 Å². The molecule has 3 aliphatic rings. The molecule has 0 bridgehead atoms. The van der Waals surface area contributed by atoms with Crippen LogP contribution in [0.25, 0.3) is 0 Å². The van der Waals surface area contributed by atoms with Gasteiger partial charge in [-0.3, -0.25) is 9.59 Å². The van der Waals surface area contributed by atoms with Crippen molar-refractivity contribution in [3.63, 3.8) is 0 Å². The monoisotopic (exact) mass is 529 g/mol. The number of Topliss-reactive ketones (excluding diaryl/α,β-unsaturated/α-hetero) is 1. The minimum absolute atomic E-state index is 0.0435. The molecule has 208 valence electrons. The standard InChI is InChI=1S/C22H26FN5O4.C4H8.C2H6/c1-14(29)15-11-27(12-15)21-25-8-16(9-26-21)28-7-6-18(20(28)30)32-17-4-5-19(24-10-17)31-13-22(2,3)23;1-4-2-3-4;1-2/h4-5,8-10,15,18H,6-7,11-13H2,1-3H3;4H,2-3H2,1H3;1-2H3/t18-;;/m1../s1. The molecule has 0 unspecified atom stereocenters. The van der Waals surface area contributed by atoms with E-state index < -0.39 is 11.8 Å². The number of amides is 1. The van der Waals surface area contributed by atoms with E-state index in [4.69, 9.17) is 9.47 Å². The van der Waals surface area contributed by atoms with Gasteiger partial charge in [0.25, 0.3) is 5.91 Å². The lowest BCUT2D eigenvalue weighted by atomic mass is 9.97. The van der Waals surface area contributed by atoms with E-state index >= 15 is 0 Å². The highest BCUT2D eigenvalue weighted by molar-refractivity contribution is 5.98. The van der Waals surface area contributed by atoms with Crippen LogP contribution in [0.15, 0.2) is 30.7 Å². The van der Waals surface area contributed by atoms with Crippen LogP contribution < -0.4 is 19.3 Å². The number of ketones is 1. The Hall–Kier alpha value is -3.30. The first-order valence-corrected chi connectivity index (χ1v) is 13.4. The third kappa shape index (κ3) is 8.36. The summed E-state index contributed by atoms with van der Waals surface area (Å²) >= 11 is 0. The number of hydrogen-bond donors (Lipinski definition) is 0. The van der Waals surface area contributed by atoms with Crippen molar-refractivity contribution in [2.45, 2.75) is 72.6 Å². The van der Waals surface area contributed by atoms with E-state index in [2.05, 4.69) is 21.9 Å². The van der Waals surface area contributed by atoms with Gasteiger partial charge in [0.1, 0.15) is 23.8 Å². The summed E-state index contributed by atoms with van der Waals surface area (Å²) in [7, 11) is 0. The van der Waals surface area contributed by atoms with Crippen LogP contribution in [-0.2, 0) is 9.59 Å². The van der Waals surface area contributed by atoms with Gasteiger partial charge in [0.05, 0.1) is 30.2 Å². The highest BCUT2D eigenvalue weighted by Crippen LogP contribution is 2.27. The van der Waals surface area contributed by atoms with Gasteiger partial charge in [0.15, 0.2) is 6.10 Å². The molecule has 2 aromatic heterocycles. The van der Waals surface area contributed by atoms with Crippen LogP contribution >= 0.6 is 0 Å². The summed E-state index contributed by atoms with van der Waals surface area (Å²) in [6.07, 6.45) is 7.53. The number of nitrogens with zero attached hydrogens (tertiary/aromatic N) is 5. The number of rotatable bonds is 8.